The van der Waals surface area contributed by atoms with Crippen LogP contribution in [0.1, 0.15) is 48.9 Å². The molecule has 1 aliphatic rings. The standard InChI is InChI=1S/C16H29N5O.2ClH/c1-16(2,3)13(7-9-21(4)5)18-15(22)14-11-10-17-8-6-12(11)19-20-14;;/h13,17H,6-10H2,1-5H3,(H,18,22)(H,19,20);2*1H. The van der Waals surface area contributed by atoms with Crippen LogP contribution in [0.3, 0.4) is 0 Å². The topological polar surface area (TPSA) is 73.0 Å². The number of aromatic amines is 1. The molecule has 0 saturated carbocycles. The first-order valence-electron chi connectivity index (χ1n) is 8.01. The zero-order valence-electron chi connectivity index (χ0n) is 15.2. The number of nitrogens with zero attached hydrogens (tertiary/aromatic N) is 2. The van der Waals surface area contributed by atoms with Crippen molar-refractivity contribution in [3.05, 3.63) is 17.0 Å². The number of aromatic nitrogens is 2. The molecule has 1 aliphatic heterocycles. The lowest BCUT2D eigenvalue weighted by Crippen LogP contribution is -2.45. The summed E-state index contributed by atoms with van der Waals surface area (Å²) in [6, 6.07) is 0.117. The highest BCUT2D eigenvalue weighted by molar-refractivity contribution is 5.94. The van der Waals surface area contributed by atoms with E-state index in [9.17, 15) is 4.79 Å². The second kappa shape index (κ2) is 9.61. The quantitative estimate of drug-likeness (QED) is 0.731. The van der Waals surface area contributed by atoms with E-state index in [1.807, 2.05) is 0 Å². The number of amides is 1. The molecular formula is C16H31Cl2N5O. The first-order valence-corrected chi connectivity index (χ1v) is 8.01. The van der Waals surface area contributed by atoms with Gasteiger partial charge in [-0.15, -0.1) is 24.8 Å². The molecule has 6 nitrogen and oxygen atoms in total. The van der Waals surface area contributed by atoms with Crippen LogP contribution >= 0.6 is 24.8 Å². The molecule has 1 aromatic heterocycles. The van der Waals surface area contributed by atoms with Gasteiger partial charge in [0.1, 0.15) is 0 Å². The molecule has 0 aliphatic carbocycles. The number of hydrogen-bond donors (Lipinski definition) is 3. The monoisotopic (exact) mass is 379 g/mol. The highest BCUT2D eigenvalue weighted by Gasteiger charge is 2.29. The van der Waals surface area contributed by atoms with Gasteiger partial charge in [-0.2, -0.15) is 5.10 Å². The van der Waals surface area contributed by atoms with E-state index in [2.05, 4.69) is 60.6 Å². The van der Waals surface area contributed by atoms with E-state index < -0.39 is 0 Å². The fourth-order valence-corrected chi connectivity index (χ4v) is 2.75. The molecule has 1 amide bonds. The lowest BCUT2D eigenvalue weighted by molar-refractivity contribution is 0.0886. The maximum atomic E-state index is 12.6. The van der Waals surface area contributed by atoms with Crippen LogP contribution in [0.5, 0.6) is 0 Å². The van der Waals surface area contributed by atoms with Crippen molar-refractivity contribution in [2.45, 2.75) is 46.2 Å². The number of fused-ring (bicyclic) bond motifs is 1. The number of hydrogen-bond acceptors (Lipinski definition) is 4. The summed E-state index contributed by atoms with van der Waals surface area (Å²) in [6.45, 7) is 9.08. The molecular weight excluding hydrogens is 349 g/mol. The van der Waals surface area contributed by atoms with Crippen molar-refractivity contribution >= 4 is 30.7 Å². The predicted octanol–water partition coefficient (Wildman–Crippen LogP) is 2.00. The van der Waals surface area contributed by atoms with Gasteiger partial charge in [0, 0.05) is 36.8 Å². The van der Waals surface area contributed by atoms with Crippen molar-refractivity contribution in [2.75, 3.05) is 27.2 Å². The van der Waals surface area contributed by atoms with Gasteiger partial charge in [-0.05, 0) is 32.5 Å². The van der Waals surface area contributed by atoms with Crippen LogP contribution < -0.4 is 10.6 Å². The average molecular weight is 380 g/mol. The van der Waals surface area contributed by atoms with Gasteiger partial charge in [-0.3, -0.25) is 9.89 Å². The number of halogens is 2. The summed E-state index contributed by atoms with van der Waals surface area (Å²) < 4.78 is 0. The molecule has 1 atom stereocenters. The van der Waals surface area contributed by atoms with Crippen LogP contribution in [0.4, 0.5) is 0 Å². The number of nitrogens with one attached hydrogen (secondary N) is 3. The van der Waals surface area contributed by atoms with Crippen LogP contribution in [-0.4, -0.2) is 54.2 Å². The second-order valence-electron chi connectivity index (χ2n) is 7.44. The Kier molecular flexibility index (Phi) is 9.28. The van der Waals surface area contributed by atoms with Gasteiger partial charge >= 0.3 is 0 Å². The van der Waals surface area contributed by atoms with Gasteiger partial charge in [0.25, 0.3) is 5.91 Å². The third kappa shape index (κ3) is 5.92. The Morgan fingerprint density at radius 2 is 2.00 bits per heavy atom. The van der Waals surface area contributed by atoms with Gasteiger partial charge < -0.3 is 15.5 Å². The van der Waals surface area contributed by atoms with E-state index in [1.165, 1.54) is 0 Å². The van der Waals surface area contributed by atoms with Crippen LogP contribution in [-0.2, 0) is 13.0 Å². The maximum Gasteiger partial charge on any atom is 0.272 e. The Balaban J connectivity index is 0.00000264. The van der Waals surface area contributed by atoms with Crippen LogP contribution in [0.25, 0.3) is 0 Å². The summed E-state index contributed by atoms with van der Waals surface area (Å²) in [4.78, 5) is 14.8. The van der Waals surface area contributed by atoms with Crippen molar-refractivity contribution in [3.8, 4) is 0 Å². The highest BCUT2D eigenvalue weighted by Crippen LogP contribution is 2.23. The van der Waals surface area contributed by atoms with Gasteiger partial charge in [-0.1, -0.05) is 20.8 Å². The zero-order chi connectivity index (χ0) is 16.3. The molecule has 0 fully saturated rings. The molecule has 1 unspecified atom stereocenters. The van der Waals surface area contributed by atoms with Gasteiger partial charge in [0.05, 0.1) is 0 Å². The number of rotatable bonds is 5. The Bertz CT molecular complexity index is 525. The Morgan fingerprint density at radius 3 is 2.58 bits per heavy atom. The third-order valence-electron chi connectivity index (χ3n) is 4.24. The number of carbonyl (C=O) groups is 1. The lowest BCUT2D eigenvalue weighted by Gasteiger charge is -2.32. The maximum absolute atomic E-state index is 12.6. The van der Waals surface area contributed by atoms with Crippen molar-refractivity contribution in [2.24, 2.45) is 5.41 Å². The summed E-state index contributed by atoms with van der Waals surface area (Å²) in [5, 5.41) is 13.7. The van der Waals surface area contributed by atoms with Gasteiger partial charge in [-0.25, -0.2) is 0 Å². The molecule has 8 heteroatoms. The summed E-state index contributed by atoms with van der Waals surface area (Å²) >= 11 is 0. The van der Waals surface area contributed by atoms with Crippen LogP contribution in [0.15, 0.2) is 0 Å². The summed E-state index contributed by atoms with van der Waals surface area (Å²) in [5.74, 6) is -0.0696. The minimum absolute atomic E-state index is 0. The molecule has 140 valence electrons. The van der Waals surface area contributed by atoms with E-state index in [4.69, 9.17) is 0 Å². The third-order valence-corrected chi connectivity index (χ3v) is 4.24. The van der Waals surface area contributed by atoms with E-state index in [1.54, 1.807) is 0 Å². The molecule has 0 radical (unpaired) electrons. The fraction of sp³-hybridized carbons (Fsp3) is 0.750. The van der Waals surface area contributed by atoms with E-state index in [0.717, 1.165) is 37.2 Å². The zero-order valence-corrected chi connectivity index (χ0v) is 16.9. The molecule has 0 spiro atoms. The molecule has 0 saturated heterocycles. The molecule has 0 bridgehead atoms. The van der Waals surface area contributed by atoms with Crippen LogP contribution in [0, 0.1) is 5.41 Å². The van der Waals surface area contributed by atoms with Crippen molar-refractivity contribution < 1.29 is 4.79 Å². The van der Waals surface area contributed by atoms with Crippen molar-refractivity contribution in [1.82, 2.24) is 25.7 Å². The second-order valence-corrected chi connectivity index (χ2v) is 7.44. The molecule has 3 N–H and O–H groups in total. The Labute approximate surface area is 157 Å². The minimum Gasteiger partial charge on any atom is -0.347 e. The molecule has 1 aromatic rings. The predicted molar refractivity (Wildman–Crippen MR) is 102 cm³/mol. The van der Waals surface area contributed by atoms with Gasteiger partial charge in [0.2, 0.25) is 0 Å². The molecule has 0 aromatic carbocycles. The summed E-state index contributed by atoms with van der Waals surface area (Å²) in [6.07, 6.45) is 1.83. The summed E-state index contributed by atoms with van der Waals surface area (Å²) in [5.41, 5.74) is 2.66. The van der Waals surface area contributed by atoms with Gasteiger partial charge in [0.15, 0.2) is 5.69 Å². The molecule has 2 rings (SSSR count). The van der Waals surface area contributed by atoms with E-state index in [0.29, 0.717) is 12.2 Å². The number of carbonyl (C=O) groups excluding carboxylic acids is 1. The smallest absolute Gasteiger partial charge is 0.272 e. The normalized spacial score (nSPS) is 15.1. The average Bonchev–Trinajstić information content (AvgIpc) is 2.85. The molecule has 24 heavy (non-hydrogen) atoms. The van der Waals surface area contributed by atoms with E-state index in [-0.39, 0.29) is 42.2 Å². The van der Waals surface area contributed by atoms with Crippen LogP contribution in [0.2, 0.25) is 0 Å². The Morgan fingerprint density at radius 1 is 1.33 bits per heavy atom. The minimum atomic E-state index is -0.0696. The van der Waals surface area contributed by atoms with Crippen molar-refractivity contribution in [3.63, 3.8) is 0 Å². The summed E-state index contributed by atoms with van der Waals surface area (Å²) in [7, 11) is 4.11. The molecule has 2 heterocycles. The number of H-pyrrole nitrogens is 1. The first-order chi connectivity index (χ1) is 10.3. The Hall–Kier alpha value is -0.820. The fourth-order valence-electron chi connectivity index (χ4n) is 2.75. The highest BCUT2D eigenvalue weighted by atomic mass is 35.5. The van der Waals surface area contributed by atoms with E-state index >= 15 is 0 Å². The first kappa shape index (κ1) is 23.2. The SMILES string of the molecule is CN(C)CCC(NC(=O)c1n[nH]c2c1CNCC2)C(C)(C)C.Cl.Cl. The van der Waals surface area contributed by atoms with Crippen molar-refractivity contribution in [1.29, 1.82) is 0 Å². The lowest BCUT2D eigenvalue weighted by atomic mass is 9.84. The largest absolute Gasteiger partial charge is 0.347 e.